The van der Waals surface area contributed by atoms with Crippen LogP contribution in [0.5, 0.6) is 0 Å². The molecule has 2 N–H and O–H groups in total. The summed E-state index contributed by atoms with van der Waals surface area (Å²) < 4.78 is 5.51. The van der Waals surface area contributed by atoms with Gasteiger partial charge in [0.1, 0.15) is 0 Å². The molecule has 16 heavy (non-hydrogen) atoms. The molecule has 1 fully saturated rings. The fourth-order valence-corrected chi connectivity index (χ4v) is 2.01. The summed E-state index contributed by atoms with van der Waals surface area (Å²) >= 11 is 5.19. The zero-order chi connectivity index (χ0) is 11.6. The van der Waals surface area contributed by atoms with Gasteiger partial charge in [-0.05, 0) is 31.5 Å². The van der Waals surface area contributed by atoms with Crippen molar-refractivity contribution in [2.75, 3.05) is 19.7 Å². The Morgan fingerprint density at radius 1 is 1.31 bits per heavy atom. The lowest BCUT2D eigenvalue weighted by molar-refractivity contribution is 0.114. The zero-order valence-corrected chi connectivity index (χ0v) is 11.1. The molecule has 1 rings (SSSR count). The van der Waals surface area contributed by atoms with Crippen molar-refractivity contribution in [2.24, 2.45) is 0 Å². The van der Waals surface area contributed by atoms with Crippen molar-refractivity contribution in [1.82, 2.24) is 10.6 Å². The molecule has 1 atom stereocenters. The largest absolute Gasteiger partial charge is 0.376 e. The molecule has 1 aliphatic heterocycles. The van der Waals surface area contributed by atoms with E-state index in [2.05, 4.69) is 17.6 Å². The van der Waals surface area contributed by atoms with Gasteiger partial charge in [-0.25, -0.2) is 0 Å². The summed E-state index contributed by atoms with van der Waals surface area (Å²) in [7, 11) is 0. The molecule has 1 aliphatic rings. The van der Waals surface area contributed by atoms with E-state index in [-0.39, 0.29) is 0 Å². The topological polar surface area (TPSA) is 33.3 Å². The third kappa shape index (κ3) is 6.28. The molecule has 3 nitrogen and oxygen atoms in total. The van der Waals surface area contributed by atoms with E-state index in [0.717, 1.165) is 31.2 Å². The molecule has 0 saturated carbocycles. The second kappa shape index (κ2) is 8.76. The second-order valence-corrected chi connectivity index (χ2v) is 4.74. The third-order valence-corrected chi connectivity index (χ3v) is 3.12. The molecule has 0 aromatic heterocycles. The van der Waals surface area contributed by atoms with Crippen LogP contribution in [0.1, 0.15) is 45.4 Å². The maximum absolute atomic E-state index is 5.51. The Kier molecular flexibility index (Phi) is 7.51. The summed E-state index contributed by atoms with van der Waals surface area (Å²) in [5, 5.41) is 7.21. The lowest BCUT2D eigenvalue weighted by atomic mass is 10.2. The Hall–Kier alpha value is -0.350. The van der Waals surface area contributed by atoms with Crippen LogP contribution in [0.3, 0.4) is 0 Å². The monoisotopic (exact) mass is 244 g/mol. The summed E-state index contributed by atoms with van der Waals surface area (Å²) in [5.74, 6) is 0. The number of nitrogens with one attached hydrogen (secondary N) is 2. The molecule has 0 bridgehead atoms. The smallest absolute Gasteiger partial charge is 0.166 e. The quantitative estimate of drug-likeness (QED) is 0.531. The first-order valence-corrected chi connectivity index (χ1v) is 6.87. The fraction of sp³-hybridized carbons (Fsp3) is 0.917. The molecule has 1 saturated heterocycles. The minimum absolute atomic E-state index is 0.361. The van der Waals surface area contributed by atoms with Crippen LogP contribution in [-0.2, 0) is 4.74 Å². The van der Waals surface area contributed by atoms with Gasteiger partial charge in [-0.1, -0.05) is 26.2 Å². The normalized spacial score (nSPS) is 19.7. The van der Waals surface area contributed by atoms with Gasteiger partial charge < -0.3 is 15.4 Å². The van der Waals surface area contributed by atoms with E-state index in [0.29, 0.717) is 6.10 Å². The van der Waals surface area contributed by atoms with Crippen molar-refractivity contribution in [1.29, 1.82) is 0 Å². The van der Waals surface area contributed by atoms with Gasteiger partial charge in [0, 0.05) is 19.7 Å². The Bertz CT molecular complexity index is 193. The number of hydrogen-bond donors (Lipinski definition) is 2. The van der Waals surface area contributed by atoms with Crippen LogP contribution in [0.25, 0.3) is 0 Å². The van der Waals surface area contributed by atoms with Gasteiger partial charge in [-0.3, -0.25) is 0 Å². The third-order valence-electron chi connectivity index (χ3n) is 2.83. The van der Waals surface area contributed by atoms with E-state index in [9.17, 15) is 0 Å². The van der Waals surface area contributed by atoms with Crippen LogP contribution < -0.4 is 10.6 Å². The van der Waals surface area contributed by atoms with Gasteiger partial charge in [-0.2, -0.15) is 0 Å². The van der Waals surface area contributed by atoms with Crippen molar-refractivity contribution in [3.8, 4) is 0 Å². The number of rotatable bonds is 7. The second-order valence-electron chi connectivity index (χ2n) is 4.33. The molecule has 1 heterocycles. The van der Waals surface area contributed by atoms with Crippen LogP contribution in [0.2, 0.25) is 0 Å². The van der Waals surface area contributed by atoms with Crippen LogP contribution in [-0.4, -0.2) is 30.9 Å². The summed E-state index contributed by atoms with van der Waals surface area (Å²) in [4.78, 5) is 0. The van der Waals surface area contributed by atoms with Crippen molar-refractivity contribution in [3.63, 3.8) is 0 Å². The zero-order valence-electron chi connectivity index (χ0n) is 10.3. The minimum Gasteiger partial charge on any atom is -0.376 e. The maximum atomic E-state index is 5.51. The molecule has 0 radical (unpaired) electrons. The molecule has 94 valence electrons. The van der Waals surface area contributed by atoms with E-state index < -0.39 is 0 Å². The van der Waals surface area contributed by atoms with Crippen LogP contribution >= 0.6 is 12.2 Å². The first kappa shape index (κ1) is 13.7. The van der Waals surface area contributed by atoms with Crippen LogP contribution in [0.15, 0.2) is 0 Å². The fourth-order valence-electron chi connectivity index (χ4n) is 1.83. The lowest BCUT2D eigenvalue weighted by Crippen LogP contribution is -2.39. The van der Waals surface area contributed by atoms with Gasteiger partial charge in [0.2, 0.25) is 0 Å². The highest BCUT2D eigenvalue weighted by Crippen LogP contribution is 2.10. The summed E-state index contributed by atoms with van der Waals surface area (Å²) in [5.41, 5.74) is 0. The lowest BCUT2D eigenvalue weighted by Gasteiger charge is -2.13. The molecule has 0 aliphatic carbocycles. The molecule has 4 heteroatoms. The Morgan fingerprint density at radius 3 is 2.88 bits per heavy atom. The van der Waals surface area contributed by atoms with E-state index in [4.69, 9.17) is 17.0 Å². The van der Waals surface area contributed by atoms with Crippen LogP contribution in [0.4, 0.5) is 0 Å². The predicted octanol–water partition coefficient (Wildman–Crippen LogP) is 2.21. The maximum Gasteiger partial charge on any atom is 0.166 e. The molecule has 0 aromatic carbocycles. The van der Waals surface area contributed by atoms with E-state index >= 15 is 0 Å². The SMILES string of the molecule is CCCCCCNC(=S)NCC1CCCO1. The van der Waals surface area contributed by atoms with Gasteiger partial charge >= 0.3 is 0 Å². The Balaban J connectivity index is 1.90. The average molecular weight is 244 g/mol. The molecule has 0 spiro atoms. The van der Waals surface area contributed by atoms with E-state index in [1.165, 1.54) is 32.1 Å². The summed E-state index contributed by atoms with van der Waals surface area (Å²) in [6, 6.07) is 0. The Morgan fingerprint density at radius 2 is 2.19 bits per heavy atom. The number of hydrogen-bond acceptors (Lipinski definition) is 2. The summed E-state index contributed by atoms with van der Waals surface area (Å²) in [6.07, 6.45) is 7.79. The summed E-state index contributed by atoms with van der Waals surface area (Å²) in [6.45, 7) is 4.96. The van der Waals surface area contributed by atoms with Crippen molar-refractivity contribution >= 4 is 17.3 Å². The first-order valence-electron chi connectivity index (χ1n) is 6.46. The van der Waals surface area contributed by atoms with Crippen LogP contribution in [0, 0.1) is 0 Å². The Labute approximate surface area is 104 Å². The van der Waals surface area contributed by atoms with Crippen molar-refractivity contribution in [3.05, 3.63) is 0 Å². The highest BCUT2D eigenvalue weighted by atomic mass is 32.1. The van der Waals surface area contributed by atoms with Gasteiger partial charge in [0.15, 0.2) is 5.11 Å². The molecule has 0 amide bonds. The molecule has 0 aromatic rings. The molecular weight excluding hydrogens is 220 g/mol. The van der Waals surface area contributed by atoms with E-state index in [1.54, 1.807) is 0 Å². The minimum atomic E-state index is 0.361. The van der Waals surface area contributed by atoms with Gasteiger partial charge in [0.05, 0.1) is 6.10 Å². The number of unbranched alkanes of at least 4 members (excludes halogenated alkanes) is 3. The van der Waals surface area contributed by atoms with Crippen molar-refractivity contribution < 1.29 is 4.74 Å². The van der Waals surface area contributed by atoms with Crippen molar-refractivity contribution in [2.45, 2.75) is 51.6 Å². The molecular formula is C12H24N2OS. The standard InChI is InChI=1S/C12H24N2OS/c1-2-3-4-5-8-13-12(16)14-10-11-7-6-9-15-11/h11H,2-10H2,1H3,(H2,13,14,16). The van der Waals surface area contributed by atoms with E-state index in [1.807, 2.05) is 0 Å². The highest BCUT2D eigenvalue weighted by molar-refractivity contribution is 7.80. The first-order chi connectivity index (χ1) is 7.83. The van der Waals surface area contributed by atoms with Gasteiger partial charge in [0.25, 0.3) is 0 Å². The number of ether oxygens (including phenoxy) is 1. The molecule has 1 unspecified atom stereocenters. The highest BCUT2D eigenvalue weighted by Gasteiger charge is 2.14. The number of thiocarbonyl (C=S) groups is 1. The average Bonchev–Trinajstić information content (AvgIpc) is 2.79. The predicted molar refractivity (Wildman–Crippen MR) is 71.7 cm³/mol. The van der Waals surface area contributed by atoms with Gasteiger partial charge in [-0.15, -0.1) is 0 Å².